The average molecular weight is 299 g/mol. The highest BCUT2D eigenvalue weighted by molar-refractivity contribution is 5.57. The molecule has 4 nitrogen and oxygen atoms in total. The quantitative estimate of drug-likeness (QED) is 0.784. The second-order valence-corrected chi connectivity index (χ2v) is 5.86. The van der Waals surface area contributed by atoms with Gasteiger partial charge in [0.1, 0.15) is 18.4 Å². The Morgan fingerprint density at radius 2 is 1.59 bits per heavy atom. The molecule has 4 heteroatoms. The minimum atomic E-state index is -0.409. The molecule has 0 aliphatic carbocycles. The minimum Gasteiger partial charge on any atom is -0.506 e. The molecule has 1 heterocycles. The van der Waals surface area contributed by atoms with Crippen molar-refractivity contribution in [2.75, 3.05) is 37.6 Å². The van der Waals surface area contributed by atoms with E-state index in [4.69, 9.17) is 0 Å². The molecule has 0 aromatic heterocycles. The van der Waals surface area contributed by atoms with Crippen LogP contribution in [0.1, 0.15) is 11.7 Å². The van der Waals surface area contributed by atoms with Crippen molar-refractivity contribution >= 4 is 5.69 Å². The van der Waals surface area contributed by atoms with E-state index < -0.39 is 6.10 Å². The fraction of sp³-hybridized carbons (Fsp3) is 0.333. The molecule has 0 unspecified atom stereocenters. The first-order valence-corrected chi connectivity index (χ1v) is 7.83. The molecule has 2 aromatic carbocycles. The largest absolute Gasteiger partial charge is 0.506 e. The topological polar surface area (TPSA) is 48.1 Å². The van der Waals surface area contributed by atoms with Gasteiger partial charge in [0.2, 0.25) is 0 Å². The Hall–Kier alpha value is -2.04. The van der Waals surface area contributed by atoms with Crippen molar-refractivity contribution in [3.8, 4) is 5.75 Å². The summed E-state index contributed by atoms with van der Waals surface area (Å²) in [4.78, 5) is 3.62. The molecule has 1 saturated heterocycles. The summed E-state index contributed by atoms with van der Waals surface area (Å²) >= 11 is 0. The number of anilines is 1. The first kappa shape index (κ1) is 14.9. The number of piperazine rings is 1. The van der Waals surface area contributed by atoms with Gasteiger partial charge >= 0.3 is 0 Å². The van der Waals surface area contributed by atoms with Gasteiger partial charge in [0.15, 0.2) is 0 Å². The zero-order chi connectivity index (χ0) is 15.4. The minimum absolute atomic E-state index is 0.343. The van der Waals surface area contributed by atoms with E-state index in [1.807, 2.05) is 48.5 Å². The second-order valence-electron chi connectivity index (χ2n) is 5.86. The molecule has 1 aliphatic rings. The van der Waals surface area contributed by atoms with Crippen LogP contribution in [0.5, 0.6) is 5.75 Å². The van der Waals surface area contributed by atoms with Crippen molar-refractivity contribution in [3.05, 3.63) is 60.2 Å². The van der Waals surface area contributed by atoms with Crippen LogP contribution in [0.3, 0.4) is 0 Å². The maximum atomic E-state index is 10.3. The molecule has 3 rings (SSSR count). The summed E-state index contributed by atoms with van der Waals surface area (Å²) in [5, 5.41) is 20.3. The third-order valence-electron chi connectivity index (χ3n) is 4.36. The molecule has 22 heavy (non-hydrogen) atoms. The Bertz CT molecular complexity index is 595. The molecule has 1 fully saturated rings. The highest BCUT2D eigenvalue weighted by Crippen LogP contribution is 2.26. The van der Waals surface area contributed by atoms with Crippen molar-refractivity contribution in [2.24, 2.45) is 0 Å². The van der Waals surface area contributed by atoms with E-state index in [9.17, 15) is 10.2 Å². The van der Waals surface area contributed by atoms with Gasteiger partial charge in [-0.25, -0.2) is 0 Å². The normalized spacial score (nSPS) is 17.4. The predicted octanol–water partition coefficient (Wildman–Crippen LogP) is 0.831. The molecule has 0 saturated carbocycles. The number of hydrogen-bond donors (Lipinski definition) is 3. The van der Waals surface area contributed by atoms with E-state index in [1.165, 1.54) is 4.90 Å². The van der Waals surface area contributed by atoms with E-state index in [-0.39, 0.29) is 0 Å². The number of benzene rings is 2. The van der Waals surface area contributed by atoms with Crippen molar-refractivity contribution in [3.63, 3.8) is 0 Å². The smallest absolute Gasteiger partial charge is 0.138 e. The SMILES string of the molecule is Oc1ccccc1N1CC[NH+](C[C@@H](O)c2ccccc2)CC1. The monoisotopic (exact) mass is 299 g/mol. The third-order valence-corrected chi connectivity index (χ3v) is 4.36. The first-order chi connectivity index (χ1) is 10.7. The van der Waals surface area contributed by atoms with Crippen LogP contribution in [-0.4, -0.2) is 42.9 Å². The van der Waals surface area contributed by atoms with Gasteiger partial charge in [0.25, 0.3) is 0 Å². The molecular weight excluding hydrogens is 276 g/mol. The number of hydrogen-bond acceptors (Lipinski definition) is 3. The maximum Gasteiger partial charge on any atom is 0.138 e. The van der Waals surface area contributed by atoms with E-state index in [2.05, 4.69) is 4.90 Å². The summed E-state index contributed by atoms with van der Waals surface area (Å²) in [6.07, 6.45) is -0.409. The van der Waals surface area contributed by atoms with Gasteiger partial charge in [0.05, 0.1) is 31.9 Å². The second kappa shape index (κ2) is 6.81. The zero-order valence-corrected chi connectivity index (χ0v) is 12.7. The molecule has 1 atom stereocenters. The molecule has 116 valence electrons. The standard InChI is InChI=1S/C18H22N2O2/c21-17-9-5-4-8-16(17)20-12-10-19(11-13-20)14-18(22)15-6-2-1-3-7-15/h1-9,18,21-22H,10-14H2/p+1/t18-/m1/s1. The lowest BCUT2D eigenvalue weighted by Gasteiger charge is -2.34. The summed E-state index contributed by atoms with van der Waals surface area (Å²) in [7, 11) is 0. The number of para-hydroxylation sites is 2. The van der Waals surface area contributed by atoms with Crippen LogP contribution >= 0.6 is 0 Å². The Labute approximate surface area is 131 Å². The van der Waals surface area contributed by atoms with Crippen LogP contribution in [0.25, 0.3) is 0 Å². The molecule has 0 radical (unpaired) electrons. The lowest BCUT2D eigenvalue weighted by Crippen LogP contribution is -3.15. The summed E-state index contributed by atoms with van der Waals surface area (Å²) in [5.74, 6) is 0.343. The number of nitrogens with one attached hydrogen (secondary N) is 1. The molecule has 0 bridgehead atoms. The van der Waals surface area contributed by atoms with Crippen LogP contribution in [0.2, 0.25) is 0 Å². The van der Waals surface area contributed by atoms with Gasteiger partial charge in [-0.1, -0.05) is 42.5 Å². The molecule has 2 aromatic rings. The molecule has 3 N–H and O–H groups in total. The number of rotatable bonds is 4. The number of phenolic OH excluding ortho intramolecular Hbond substituents is 1. The van der Waals surface area contributed by atoms with Gasteiger partial charge in [-0.3, -0.25) is 0 Å². The Kier molecular flexibility index (Phi) is 4.61. The fourth-order valence-corrected chi connectivity index (χ4v) is 3.07. The predicted molar refractivity (Wildman–Crippen MR) is 87.3 cm³/mol. The van der Waals surface area contributed by atoms with E-state index in [0.717, 1.165) is 44.0 Å². The summed E-state index contributed by atoms with van der Waals surface area (Å²) in [5.41, 5.74) is 1.89. The van der Waals surface area contributed by atoms with Crippen molar-refractivity contribution in [1.29, 1.82) is 0 Å². The van der Waals surface area contributed by atoms with Crippen LogP contribution < -0.4 is 9.80 Å². The van der Waals surface area contributed by atoms with Gasteiger partial charge in [-0.05, 0) is 17.7 Å². The van der Waals surface area contributed by atoms with Gasteiger partial charge in [-0.15, -0.1) is 0 Å². The van der Waals surface area contributed by atoms with E-state index in [0.29, 0.717) is 5.75 Å². The van der Waals surface area contributed by atoms with E-state index >= 15 is 0 Å². The van der Waals surface area contributed by atoms with Gasteiger partial charge in [0, 0.05) is 0 Å². The van der Waals surface area contributed by atoms with Crippen molar-refractivity contribution in [2.45, 2.75) is 6.10 Å². The summed E-state index contributed by atoms with van der Waals surface area (Å²) in [6, 6.07) is 17.3. The number of aliphatic hydroxyl groups is 1. The number of aromatic hydroxyl groups is 1. The van der Waals surface area contributed by atoms with Crippen LogP contribution in [0, 0.1) is 0 Å². The van der Waals surface area contributed by atoms with Crippen LogP contribution in [-0.2, 0) is 0 Å². The van der Waals surface area contributed by atoms with Crippen molar-refractivity contribution < 1.29 is 15.1 Å². The number of nitrogens with zero attached hydrogens (tertiary/aromatic N) is 1. The lowest BCUT2D eigenvalue weighted by atomic mass is 10.1. The molecule has 1 aliphatic heterocycles. The lowest BCUT2D eigenvalue weighted by molar-refractivity contribution is -0.904. The number of phenols is 1. The summed E-state index contributed by atoms with van der Waals surface area (Å²) < 4.78 is 0. The molecule has 0 amide bonds. The van der Waals surface area contributed by atoms with Crippen LogP contribution in [0.15, 0.2) is 54.6 Å². The van der Waals surface area contributed by atoms with Crippen LogP contribution in [0.4, 0.5) is 5.69 Å². The highest BCUT2D eigenvalue weighted by Gasteiger charge is 2.24. The highest BCUT2D eigenvalue weighted by atomic mass is 16.3. The van der Waals surface area contributed by atoms with Gasteiger partial charge < -0.3 is 20.0 Å². The van der Waals surface area contributed by atoms with E-state index in [1.54, 1.807) is 6.07 Å². The third kappa shape index (κ3) is 3.40. The molecular formula is C18H23N2O2+. The zero-order valence-electron chi connectivity index (χ0n) is 12.7. The fourth-order valence-electron chi connectivity index (χ4n) is 3.07. The summed E-state index contributed by atoms with van der Waals surface area (Å²) in [6.45, 7) is 4.47. The van der Waals surface area contributed by atoms with Gasteiger partial charge in [-0.2, -0.15) is 0 Å². The van der Waals surface area contributed by atoms with Crippen molar-refractivity contribution in [1.82, 2.24) is 0 Å². The Balaban J connectivity index is 1.55. The maximum absolute atomic E-state index is 10.3. The Morgan fingerprint density at radius 3 is 2.27 bits per heavy atom. The first-order valence-electron chi connectivity index (χ1n) is 7.83. The average Bonchev–Trinajstić information content (AvgIpc) is 2.57. The Morgan fingerprint density at radius 1 is 0.955 bits per heavy atom. The molecule has 0 spiro atoms. The number of aliphatic hydroxyl groups excluding tert-OH is 1. The number of quaternary nitrogens is 1.